The van der Waals surface area contributed by atoms with E-state index in [0.29, 0.717) is 6.42 Å². The molecule has 32 heavy (non-hydrogen) atoms. The van der Waals surface area contributed by atoms with Gasteiger partial charge in [-0.25, -0.2) is 9.59 Å². The zero-order valence-electron chi connectivity index (χ0n) is 20.8. The van der Waals surface area contributed by atoms with Crippen LogP contribution in [0.15, 0.2) is 35.1 Å². The molecule has 0 bridgehead atoms. The van der Waals surface area contributed by atoms with Crippen LogP contribution in [0.25, 0.3) is 0 Å². The van der Waals surface area contributed by atoms with Crippen molar-refractivity contribution in [2.45, 2.75) is 91.0 Å². The van der Waals surface area contributed by atoms with Crippen LogP contribution in [0.5, 0.6) is 0 Å². The Kier molecular flexibility index (Phi) is 9.08. The first-order chi connectivity index (χ1) is 14.9. The van der Waals surface area contributed by atoms with Crippen LogP contribution in [0.4, 0.5) is 0 Å². The molecule has 0 radical (unpaired) electrons. The van der Waals surface area contributed by atoms with Crippen LogP contribution in [0, 0.1) is 5.92 Å². The zero-order valence-corrected chi connectivity index (χ0v) is 21.8. The summed E-state index contributed by atoms with van der Waals surface area (Å²) in [6.07, 6.45) is 3.10. The molecule has 0 unspecified atom stereocenters. The van der Waals surface area contributed by atoms with Gasteiger partial charge in [0.25, 0.3) is 0 Å². The molecule has 6 nitrogen and oxygen atoms in total. The molecule has 1 spiro atoms. The summed E-state index contributed by atoms with van der Waals surface area (Å²) in [6.45, 7) is 19.1. The van der Waals surface area contributed by atoms with Crippen molar-refractivity contribution in [3.63, 3.8) is 0 Å². The lowest BCUT2D eigenvalue weighted by Crippen LogP contribution is -2.39. The Labute approximate surface area is 194 Å². The minimum absolute atomic E-state index is 0.0936. The highest BCUT2D eigenvalue weighted by molar-refractivity contribution is 6.81. The summed E-state index contributed by atoms with van der Waals surface area (Å²) in [7, 11) is -1.69. The number of esters is 2. The average molecular weight is 465 g/mol. The second-order valence-electron chi connectivity index (χ2n) is 9.87. The highest BCUT2D eigenvalue weighted by atomic mass is 28.3. The van der Waals surface area contributed by atoms with Crippen molar-refractivity contribution in [3.05, 3.63) is 35.1 Å². The molecule has 2 fully saturated rings. The van der Waals surface area contributed by atoms with Crippen molar-refractivity contribution >= 4 is 20.0 Å². The lowest BCUT2D eigenvalue weighted by Gasteiger charge is -2.29. The van der Waals surface area contributed by atoms with Gasteiger partial charge in [-0.05, 0) is 52.5 Å². The summed E-state index contributed by atoms with van der Waals surface area (Å²) in [4.78, 5) is 25.3. The van der Waals surface area contributed by atoms with Crippen molar-refractivity contribution in [3.8, 4) is 0 Å². The molecule has 1 saturated heterocycles. The van der Waals surface area contributed by atoms with Gasteiger partial charge in [0, 0.05) is 12.3 Å². The summed E-state index contributed by atoms with van der Waals surface area (Å²) in [5, 5.41) is 0. The third kappa shape index (κ3) is 6.42. The predicted octanol–water partition coefficient (Wildman–Crippen LogP) is 5.11. The minimum atomic E-state index is -1.69. The van der Waals surface area contributed by atoms with E-state index in [0.717, 1.165) is 30.4 Å². The van der Waals surface area contributed by atoms with E-state index in [4.69, 9.17) is 18.9 Å². The Bertz CT molecular complexity index is 746. The van der Waals surface area contributed by atoms with Crippen LogP contribution in [-0.2, 0) is 28.5 Å². The van der Waals surface area contributed by atoms with Crippen LogP contribution < -0.4 is 0 Å². The average Bonchev–Trinajstić information content (AvgIpc) is 3.23. The highest BCUT2D eigenvalue weighted by Gasteiger charge is 2.60. The van der Waals surface area contributed by atoms with Crippen LogP contribution >= 0.6 is 0 Å². The Hall–Kier alpha value is -1.70. The monoisotopic (exact) mass is 464 g/mol. The number of rotatable bonds is 9. The van der Waals surface area contributed by atoms with E-state index in [1.165, 1.54) is 5.57 Å². The number of carbonyl (C=O) groups excluding carboxylic acids is 2. The SMILES string of the molecule is C=C(CCC=C(C)C)[C@@H]1CCC2(O[C@@H](C(=O)OCC)[C@H](C(=O)OCC)O2)/C1=C\[Si](C)(C)C. The quantitative estimate of drug-likeness (QED) is 0.268. The fraction of sp³-hybridized carbons (Fsp3) is 0.680. The molecule has 0 aromatic carbocycles. The van der Waals surface area contributed by atoms with Gasteiger partial charge in [0.2, 0.25) is 0 Å². The Balaban J connectivity index is 2.40. The molecule has 180 valence electrons. The van der Waals surface area contributed by atoms with Crippen LogP contribution in [0.2, 0.25) is 19.6 Å². The molecule has 1 heterocycles. The first-order valence-electron chi connectivity index (χ1n) is 11.7. The molecule has 0 amide bonds. The van der Waals surface area contributed by atoms with Crippen molar-refractivity contribution in [2.24, 2.45) is 5.92 Å². The molecule has 2 aliphatic rings. The summed E-state index contributed by atoms with van der Waals surface area (Å²) < 4.78 is 23.0. The largest absolute Gasteiger partial charge is 0.464 e. The van der Waals surface area contributed by atoms with Gasteiger partial charge >= 0.3 is 11.9 Å². The van der Waals surface area contributed by atoms with Crippen LogP contribution in [0.3, 0.4) is 0 Å². The van der Waals surface area contributed by atoms with Crippen LogP contribution in [0.1, 0.15) is 53.4 Å². The lowest BCUT2D eigenvalue weighted by atomic mass is 9.91. The summed E-state index contributed by atoms with van der Waals surface area (Å²) in [6, 6.07) is 0. The predicted molar refractivity (Wildman–Crippen MR) is 128 cm³/mol. The van der Waals surface area contributed by atoms with Crippen molar-refractivity contribution in [1.82, 2.24) is 0 Å². The number of hydrogen-bond acceptors (Lipinski definition) is 6. The minimum Gasteiger partial charge on any atom is -0.464 e. The summed E-state index contributed by atoms with van der Waals surface area (Å²) >= 11 is 0. The molecule has 0 aromatic rings. The molecule has 3 atom stereocenters. The Morgan fingerprint density at radius 1 is 1.09 bits per heavy atom. The van der Waals surface area contributed by atoms with E-state index in [1.807, 2.05) is 0 Å². The maximum atomic E-state index is 12.6. The molecule has 7 heteroatoms. The number of carbonyl (C=O) groups is 2. The van der Waals surface area contributed by atoms with Gasteiger partial charge in [-0.1, -0.05) is 49.1 Å². The molecular formula is C25H40O6Si. The van der Waals surface area contributed by atoms with Crippen LogP contribution in [-0.4, -0.2) is 51.2 Å². The topological polar surface area (TPSA) is 71.1 Å². The number of ether oxygens (including phenoxy) is 4. The maximum Gasteiger partial charge on any atom is 0.338 e. The third-order valence-electron chi connectivity index (χ3n) is 5.62. The van der Waals surface area contributed by atoms with E-state index >= 15 is 0 Å². The number of hydrogen-bond donors (Lipinski definition) is 0. The zero-order chi connectivity index (χ0) is 24.1. The van der Waals surface area contributed by atoms with Crippen molar-refractivity contribution < 1.29 is 28.5 Å². The molecule has 0 N–H and O–H groups in total. The molecule has 1 saturated carbocycles. The van der Waals surface area contributed by atoms with E-state index in [9.17, 15) is 9.59 Å². The standard InChI is InChI=1S/C25H40O6Si/c1-9-28-23(26)21-22(24(27)29-10-2)31-25(30-21)15-14-19(20(25)16-32(6,7)8)18(5)13-11-12-17(3)4/h12,16,19,21-22H,5,9-11,13-15H2,1-4,6-8H3/b20-16-/t19-,21+,22+/m0/s1. The van der Waals surface area contributed by atoms with Gasteiger partial charge in [0.15, 0.2) is 18.0 Å². The van der Waals surface area contributed by atoms with Crippen molar-refractivity contribution in [1.29, 1.82) is 0 Å². The molecular weight excluding hydrogens is 424 g/mol. The first-order valence-corrected chi connectivity index (χ1v) is 15.2. The summed E-state index contributed by atoms with van der Waals surface area (Å²) in [5.74, 6) is -2.23. The molecule has 1 aliphatic heterocycles. The van der Waals surface area contributed by atoms with Gasteiger partial charge < -0.3 is 18.9 Å². The van der Waals surface area contributed by atoms with Gasteiger partial charge in [0.05, 0.1) is 21.3 Å². The molecule has 0 aromatic heterocycles. The smallest absolute Gasteiger partial charge is 0.338 e. The Morgan fingerprint density at radius 2 is 1.62 bits per heavy atom. The third-order valence-corrected chi connectivity index (χ3v) is 6.80. The molecule has 1 aliphatic carbocycles. The normalized spacial score (nSPS) is 25.7. The summed E-state index contributed by atoms with van der Waals surface area (Å²) in [5.41, 5.74) is 5.70. The highest BCUT2D eigenvalue weighted by Crippen LogP contribution is 2.52. The number of allylic oxidation sites excluding steroid dienone is 3. The van der Waals surface area contributed by atoms with E-state index in [2.05, 4.69) is 51.8 Å². The van der Waals surface area contributed by atoms with E-state index < -0.39 is 38.0 Å². The lowest BCUT2D eigenvalue weighted by molar-refractivity contribution is -0.170. The van der Waals surface area contributed by atoms with Gasteiger partial charge in [0.1, 0.15) is 0 Å². The van der Waals surface area contributed by atoms with Crippen molar-refractivity contribution in [2.75, 3.05) is 13.2 Å². The van der Waals surface area contributed by atoms with Gasteiger partial charge in [-0.2, -0.15) is 0 Å². The van der Waals surface area contributed by atoms with E-state index in [-0.39, 0.29) is 19.1 Å². The Morgan fingerprint density at radius 3 is 2.06 bits per heavy atom. The van der Waals surface area contributed by atoms with Gasteiger partial charge in [-0.3, -0.25) is 0 Å². The second kappa shape index (κ2) is 10.9. The second-order valence-corrected chi connectivity index (χ2v) is 14.9. The van der Waals surface area contributed by atoms with E-state index in [1.54, 1.807) is 13.8 Å². The fourth-order valence-electron chi connectivity index (χ4n) is 4.33. The van der Waals surface area contributed by atoms with Gasteiger partial charge in [-0.15, -0.1) is 0 Å². The maximum absolute atomic E-state index is 12.6. The first kappa shape index (κ1) is 26.5. The molecule has 2 rings (SSSR count). The fourth-order valence-corrected chi connectivity index (χ4v) is 5.68.